The second-order valence-electron chi connectivity index (χ2n) is 7.49. The molecule has 1 aromatic heterocycles. The lowest BCUT2D eigenvalue weighted by Gasteiger charge is -2.31. The molecule has 0 saturated heterocycles. The zero-order chi connectivity index (χ0) is 16.7. The van der Waals surface area contributed by atoms with E-state index < -0.39 is 5.60 Å². The summed E-state index contributed by atoms with van der Waals surface area (Å²) in [7, 11) is 0. The smallest absolute Gasteiger partial charge is 0.407 e. The fourth-order valence-corrected chi connectivity index (χ4v) is 3.17. The van der Waals surface area contributed by atoms with Crippen LogP contribution in [0, 0.1) is 5.92 Å². The van der Waals surface area contributed by atoms with Gasteiger partial charge in [0.05, 0.1) is 0 Å². The van der Waals surface area contributed by atoms with E-state index >= 15 is 0 Å². The number of amides is 1. The second-order valence-corrected chi connectivity index (χ2v) is 7.49. The lowest BCUT2D eigenvalue weighted by Crippen LogP contribution is -2.46. The van der Waals surface area contributed by atoms with Crippen molar-refractivity contribution < 1.29 is 9.53 Å². The van der Waals surface area contributed by atoms with Gasteiger partial charge in [0.1, 0.15) is 5.60 Å². The number of carbonyl (C=O) groups excluding carboxylic acids is 1. The minimum atomic E-state index is -0.455. The molecule has 2 rings (SSSR count). The quantitative estimate of drug-likeness (QED) is 0.750. The minimum Gasteiger partial charge on any atom is -0.444 e. The van der Waals surface area contributed by atoms with Crippen molar-refractivity contribution >= 4 is 6.09 Å². The number of aromatic amines is 1. The van der Waals surface area contributed by atoms with Gasteiger partial charge in [0.25, 0.3) is 0 Å². The maximum atomic E-state index is 11.9. The standard InChI is InChI=1S/C18H31N3O2/c1-18(2,3)23-17(22)21-13-16(15-7-5-4-6-8-15)20-12-14-9-10-19-11-14/h9-11,15-16,19-20H,4-8,12-13H2,1-3H3,(H,21,22). The Balaban J connectivity index is 1.86. The number of hydrogen-bond donors (Lipinski definition) is 3. The predicted molar refractivity (Wildman–Crippen MR) is 92.2 cm³/mol. The molecule has 1 fully saturated rings. The third-order valence-electron chi connectivity index (χ3n) is 4.31. The summed E-state index contributed by atoms with van der Waals surface area (Å²) in [6.45, 7) is 7.09. The van der Waals surface area contributed by atoms with E-state index in [0.29, 0.717) is 12.5 Å². The average molecular weight is 321 g/mol. The summed E-state index contributed by atoms with van der Waals surface area (Å²) in [5.41, 5.74) is 0.784. The van der Waals surface area contributed by atoms with Gasteiger partial charge in [-0.3, -0.25) is 0 Å². The van der Waals surface area contributed by atoms with Crippen LogP contribution in [0.3, 0.4) is 0 Å². The number of hydrogen-bond acceptors (Lipinski definition) is 3. The molecule has 1 amide bonds. The van der Waals surface area contributed by atoms with Crippen molar-refractivity contribution in [2.45, 2.75) is 71.1 Å². The van der Waals surface area contributed by atoms with E-state index in [2.05, 4.69) is 21.7 Å². The van der Waals surface area contributed by atoms with Crippen molar-refractivity contribution in [3.63, 3.8) is 0 Å². The molecule has 0 spiro atoms. The minimum absolute atomic E-state index is 0.290. The van der Waals surface area contributed by atoms with Crippen molar-refractivity contribution in [1.82, 2.24) is 15.6 Å². The van der Waals surface area contributed by atoms with Crippen LogP contribution in [0.4, 0.5) is 4.79 Å². The molecule has 5 heteroatoms. The Labute approximate surface area is 139 Å². The molecular formula is C18H31N3O2. The van der Waals surface area contributed by atoms with Crippen molar-refractivity contribution in [3.8, 4) is 0 Å². The molecule has 0 aromatic carbocycles. The number of nitrogens with one attached hydrogen (secondary N) is 3. The maximum absolute atomic E-state index is 11.9. The Kier molecular flexibility index (Phi) is 6.51. The van der Waals surface area contributed by atoms with Gasteiger partial charge in [0, 0.05) is 31.5 Å². The molecular weight excluding hydrogens is 290 g/mol. The summed E-state index contributed by atoms with van der Waals surface area (Å²) < 4.78 is 5.34. The van der Waals surface area contributed by atoms with Gasteiger partial charge < -0.3 is 20.4 Å². The Morgan fingerprint density at radius 2 is 2.09 bits per heavy atom. The largest absolute Gasteiger partial charge is 0.444 e. The first-order valence-corrected chi connectivity index (χ1v) is 8.76. The van der Waals surface area contributed by atoms with E-state index in [-0.39, 0.29) is 12.1 Å². The van der Waals surface area contributed by atoms with Crippen LogP contribution < -0.4 is 10.6 Å². The Hall–Kier alpha value is -1.49. The van der Waals surface area contributed by atoms with E-state index in [1.807, 2.05) is 33.2 Å². The summed E-state index contributed by atoms with van der Waals surface area (Å²) in [6.07, 6.45) is 10.0. The number of aromatic nitrogens is 1. The fraction of sp³-hybridized carbons (Fsp3) is 0.722. The molecule has 0 radical (unpaired) electrons. The summed E-state index contributed by atoms with van der Waals surface area (Å²) in [4.78, 5) is 15.0. The van der Waals surface area contributed by atoms with E-state index in [1.165, 1.54) is 37.7 Å². The molecule has 3 N–H and O–H groups in total. The van der Waals surface area contributed by atoms with Gasteiger partial charge in [0.2, 0.25) is 0 Å². The summed E-state index contributed by atoms with van der Waals surface area (Å²) in [6, 6.07) is 2.37. The van der Waals surface area contributed by atoms with Crippen LogP contribution in [0.1, 0.15) is 58.4 Å². The topological polar surface area (TPSA) is 66.2 Å². The number of H-pyrrole nitrogens is 1. The molecule has 23 heavy (non-hydrogen) atoms. The summed E-state index contributed by atoms with van der Waals surface area (Å²) in [5.74, 6) is 0.623. The van der Waals surface area contributed by atoms with Gasteiger partial charge in [-0.15, -0.1) is 0 Å². The van der Waals surface area contributed by atoms with Gasteiger partial charge in [-0.25, -0.2) is 4.79 Å². The van der Waals surface area contributed by atoms with E-state index in [1.54, 1.807) is 0 Å². The van der Waals surface area contributed by atoms with E-state index in [0.717, 1.165) is 6.54 Å². The van der Waals surface area contributed by atoms with E-state index in [4.69, 9.17) is 4.74 Å². The van der Waals surface area contributed by atoms with Crippen LogP contribution in [0.25, 0.3) is 0 Å². The Morgan fingerprint density at radius 3 is 2.70 bits per heavy atom. The molecule has 1 aromatic rings. The molecule has 5 nitrogen and oxygen atoms in total. The predicted octanol–water partition coefficient (Wildman–Crippen LogP) is 3.58. The van der Waals surface area contributed by atoms with Gasteiger partial charge in [0.15, 0.2) is 0 Å². The molecule has 0 aliphatic heterocycles. The van der Waals surface area contributed by atoms with Crippen LogP contribution in [0.5, 0.6) is 0 Å². The van der Waals surface area contributed by atoms with Crippen LogP contribution in [0.15, 0.2) is 18.5 Å². The van der Waals surface area contributed by atoms with Crippen LogP contribution in [-0.2, 0) is 11.3 Å². The van der Waals surface area contributed by atoms with Gasteiger partial charge in [-0.1, -0.05) is 19.3 Å². The van der Waals surface area contributed by atoms with Crippen LogP contribution in [-0.4, -0.2) is 29.3 Å². The highest BCUT2D eigenvalue weighted by atomic mass is 16.6. The first-order chi connectivity index (χ1) is 10.9. The first kappa shape index (κ1) is 17.9. The van der Waals surface area contributed by atoms with Gasteiger partial charge in [-0.05, 0) is 51.2 Å². The molecule has 130 valence electrons. The van der Waals surface area contributed by atoms with Crippen molar-refractivity contribution in [2.24, 2.45) is 5.92 Å². The molecule has 1 heterocycles. The normalized spacial score (nSPS) is 17.7. The molecule has 1 aliphatic carbocycles. The second kappa shape index (κ2) is 8.39. The molecule has 1 aliphatic rings. The lowest BCUT2D eigenvalue weighted by molar-refractivity contribution is 0.0515. The number of alkyl carbamates (subject to hydrolysis) is 1. The summed E-state index contributed by atoms with van der Waals surface area (Å²) >= 11 is 0. The molecule has 1 saturated carbocycles. The summed E-state index contributed by atoms with van der Waals surface area (Å²) in [5, 5.41) is 6.56. The third-order valence-corrected chi connectivity index (χ3v) is 4.31. The van der Waals surface area contributed by atoms with Crippen molar-refractivity contribution in [2.75, 3.05) is 6.54 Å². The zero-order valence-electron chi connectivity index (χ0n) is 14.7. The lowest BCUT2D eigenvalue weighted by atomic mass is 9.83. The fourth-order valence-electron chi connectivity index (χ4n) is 3.17. The van der Waals surface area contributed by atoms with Crippen LogP contribution >= 0.6 is 0 Å². The molecule has 0 bridgehead atoms. The van der Waals surface area contributed by atoms with Gasteiger partial charge >= 0.3 is 6.09 Å². The zero-order valence-corrected chi connectivity index (χ0v) is 14.7. The number of ether oxygens (including phenoxy) is 1. The highest BCUT2D eigenvalue weighted by molar-refractivity contribution is 5.67. The van der Waals surface area contributed by atoms with E-state index in [9.17, 15) is 4.79 Å². The Morgan fingerprint density at radius 1 is 1.35 bits per heavy atom. The number of rotatable bonds is 6. The van der Waals surface area contributed by atoms with Crippen molar-refractivity contribution in [3.05, 3.63) is 24.0 Å². The third kappa shape index (κ3) is 6.65. The first-order valence-electron chi connectivity index (χ1n) is 8.76. The molecule has 1 atom stereocenters. The number of carbonyl (C=O) groups is 1. The highest BCUT2D eigenvalue weighted by Gasteiger charge is 2.25. The monoisotopic (exact) mass is 321 g/mol. The SMILES string of the molecule is CC(C)(C)OC(=O)NCC(NCc1cc[nH]c1)C1CCCCC1. The highest BCUT2D eigenvalue weighted by Crippen LogP contribution is 2.26. The van der Waals surface area contributed by atoms with Gasteiger partial charge in [-0.2, -0.15) is 0 Å². The molecule has 1 unspecified atom stereocenters. The maximum Gasteiger partial charge on any atom is 0.407 e. The van der Waals surface area contributed by atoms with Crippen LogP contribution in [0.2, 0.25) is 0 Å². The van der Waals surface area contributed by atoms with Crippen molar-refractivity contribution in [1.29, 1.82) is 0 Å². The average Bonchev–Trinajstić information content (AvgIpc) is 3.00. The Bertz CT molecular complexity index is 459.